The van der Waals surface area contributed by atoms with Gasteiger partial charge >= 0.3 is 0 Å². The van der Waals surface area contributed by atoms with Gasteiger partial charge in [-0.15, -0.1) is 0 Å². The van der Waals surface area contributed by atoms with Gasteiger partial charge in [0.25, 0.3) is 0 Å². The normalized spacial score (nSPS) is 21.1. The van der Waals surface area contributed by atoms with E-state index in [2.05, 4.69) is 48.3 Å². The molecule has 1 unspecified atom stereocenters. The molecule has 1 heterocycles. The highest BCUT2D eigenvalue weighted by Gasteiger charge is 2.16. The van der Waals surface area contributed by atoms with E-state index in [1.165, 1.54) is 56.6 Å². The molecule has 0 radical (unpaired) electrons. The summed E-state index contributed by atoms with van der Waals surface area (Å²) in [7, 11) is 0. The maximum Gasteiger partial charge on any atom is 0.0345 e. The molecule has 1 aromatic rings. The van der Waals surface area contributed by atoms with Crippen molar-refractivity contribution in [3.05, 3.63) is 29.8 Å². The number of hydrogen-bond donors (Lipinski definition) is 1. The lowest BCUT2D eigenvalue weighted by molar-refractivity contribution is 0.285. The van der Waals surface area contributed by atoms with Crippen molar-refractivity contribution in [1.82, 2.24) is 4.90 Å². The van der Waals surface area contributed by atoms with Crippen LogP contribution in [0, 0.1) is 0 Å². The van der Waals surface area contributed by atoms with Crippen LogP contribution in [0.2, 0.25) is 0 Å². The zero-order valence-corrected chi connectivity index (χ0v) is 12.5. The Hall–Kier alpha value is -1.02. The van der Waals surface area contributed by atoms with Gasteiger partial charge in [-0.2, -0.15) is 0 Å². The Bertz CT molecular complexity index is 375. The molecule has 1 aliphatic rings. The maximum absolute atomic E-state index is 3.73. The second-order valence-electron chi connectivity index (χ2n) is 5.67. The molecule has 1 saturated heterocycles. The van der Waals surface area contributed by atoms with Crippen molar-refractivity contribution < 1.29 is 0 Å². The van der Waals surface area contributed by atoms with Crippen LogP contribution in [0.4, 0.5) is 5.69 Å². The van der Waals surface area contributed by atoms with Crippen molar-refractivity contribution in [1.29, 1.82) is 0 Å². The van der Waals surface area contributed by atoms with Crippen molar-refractivity contribution in [2.45, 2.75) is 52.0 Å². The number of nitrogens with zero attached hydrogens (tertiary/aromatic N) is 1. The van der Waals surface area contributed by atoms with E-state index in [0.717, 1.165) is 6.42 Å². The predicted molar refractivity (Wildman–Crippen MR) is 83.8 cm³/mol. The number of likely N-dealkylation sites (tertiary alicyclic amines) is 1. The summed E-state index contributed by atoms with van der Waals surface area (Å²) >= 11 is 0. The fourth-order valence-electron chi connectivity index (χ4n) is 2.96. The van der Waals surface area contributed by atoms with E-state index in [0.29, 0.717) is 6.04 Å². The minimum Gasteiger partial charge on any atom is -0.382 e. The van der Waals surface area contributed by atoms with E-state index < -0.39 is 0 Å². The summed E-state index contributed by atoms with van der Waals surface area (Å²) in [6, 6.07) is 9.53. The number of rotatable bonds is 5. The Labute approximate surface area is 118 Å². The van der Waals surface area contributed by atoms with Crippen molar-refractivity contribution in [2.75, 3.05) is 25.0 Å². The lowest BCUT2D eigenvalue weighted by Crippen LogP contribution is -2.27. The fourth-order valence-corrected chi connectivity index (χ4v) is 2.96. The third kappa shape index (κ3) is 4.54. The van der Waals surface area contributed by atoms with Gasteiger partial charge in [0, 0.05) is 18.3 Å². The second kappa shape index (κ2) is 7.54. The molecule has 0 amide bonds. The third-order valence-corrected chi connectivity index (χ3v) is 4.07. The second-order valence-corrected chi connectivity index (χ2v) is 5.67. The minimum absolute atomic E-state index is 0.647. The molecule has 2 rings (SSSR count). The highest BCUT2D eigenvalue weighted by molar-refractivity contribution is 5.46. The molecule has 1 aromatic carbocycles. The summed E-state index contributed by atoms with van der Waals surface area (Å²) < 4.78 is 0. The number of benzene rings is 1. The summed E-state index contributed by atoms with van der Waals surface area (Å²) in [5.41, 5.74) is 2.72. The largest absolute Gasteiger partial charge is 0.382 e. The topological polar surface area (TPSA) is 15.3 Å². The molecule has 0 bridgehead atoms. The molecule has 1 fully saturated rings. The van der Waals surface area contributed by atoms with Gasteiger partial charge in [0.15, 0.2) is 0 Å². The van der Waals surface area contributed by atoms with E-state index in [1.807, 2.05) is 0 Å². The minimum atomic E-state index is 0.647. The van der Waals surface area contributed by atoms with Gasteiger partial charge in [-0.05, 0) is 62.9 Å². The van der Waals surface area contributed by atoms with Crippen LogP contribution in [0.5, 0.6) is 0 Å². The van der Waals surface area contributed by atoms with E-state index in [4.69, 9.17) is 0 Å². The van der Waals surface area contributed by atoms with Gasteiger partial charge in [0.2, 0.25) is 0 Å². The molecule has 2 nitrogen and oxygen atoms in total. The van der Waals surface area contributed by atoms with Crippen LogP contribution in [0.1, 0.15) is 45.1 Å². The summed E-state index contributed by atoms with van der Waals surface area (Å²) in [5.74, 6) is 0. The zero-order chi connectivity index (χ0) is 13.5. The van der Waals surface area contributed by atoms with Gasteiger partial charge in [0.1, 0.15) is 0 Å². The average molecular weight is 260 g/mol. The Balaban J connectivity index is 1.88. The number of aryl methyl sites for hydroxylation is 1. The molecule has 0 saturated carbocycles. The highest BCUT2D eigenvalue weighted by atomic mass is 15.1. The molecule has 1 atom stereocenters. The summed E-state index contributed by atoms with van der Waals surface area (Å²) in [5, 5.41) is 3.73. The number of anilines is 1. The lowest BCUT2D eigenvalue weighted by Gasteiger charge is -2.20. The zero-order valence-electron chi connectivity index (χ0n) is 12.5. The van der Waals surface area contributed by atoms with E-state index >= 15 is 0 Å². The smallest absolute Gasteiger partial charge is 0.0345 e. The monoisotopic (exact) mass is 260 g/mol. The fraction of sp³-hybridized carbons (Fsp3) is 0.647. The lowest BCUT2D eigenvalue weighted by atomic mass is 10.1. The molecular formula is C17H28N2. The number of hydrogen-bond acceptors (Lipinski definition) is 2. The van der Waals surface area contributed by atoms with Crippen LogP contribution in [0.15, 0.2) is 24.3 Å². The van der Waals surface area contributed by atoms with Crippen molar-refractivity contribution in [2.24, 2.45) is 0 Å². The molecule has 1 N–H and O–H groups in total. The van der Waals surface area contributed by atoms with Crippen LogP contribution in [0.3, 0.4) is 0 Å². The predicted octanol–water partition coefficient (Wildman–Crippen LogP) is 3.93. The van der Waals surface area contributed by atoms with E-state index in [1.54, 1.807) is 0 Å². The molecular weight excluding hydrogens is 232 g/mol. The summed E-state index contributed by atoms with van der Waals surface area (Å²) in [4.78, 5) is 2.62. The Morgan fingerprint density at radius 1 is 1.21 bits per heavy atom. The maximum atomic E-state index is 3.73. The van der Waals surface area contributed by atoms with Gasteiger partial charge in [-0.1, -0.05) is 26.0 Å². The Morgan fingerprint density at radius 3 is 2.89 bits per heavy atom. The molecule has 1 aliphatic heterocycles. The van der Waals surface area contributed by atoms with Gasteiger partial charge in [-0.25, -0.2) is 0 Å². The van der Waals surface area contributed by atoms with Gasteiger partial charge < -0.3 is 10.2 Å². The first-order valence-corrected chi connectivity index (χ1v) is 7.89. The van der Waals surface area contributed by atoms with Crippen LogP contribution in [0.25, 0.3) is 0 Å². The van der Waals surface area contributed by atoms with Crippen molar-refractivity contribution >= 4 is 5.69 Å². The summed E-state index contributed by atoms with van der Waals surface area (Å²) in [6.45, 7) is 8.28. The molecule has 106 valence electrons. The van der Waals surface area contributed by atoms with Gasteiger partial charge in [0.05, 0.1) is 0 Å². The van der Waals surface area contributed by atoms with Crippen LogP contribution >= 0.6 is 0 Å². The van der Waals surface area contributed by atoms with Crippen molar-refractivity contribution in [3.63, 3.8) is 0 Å². The van der Waals surface area contributed by atoms with Crippen LogP contribution in [-0.2, 0) is 6.42 Å². The van der Waals surface area contributed by atoms with Crippen molar-refractivity contribution in [3.8, 4) is 0 Å². The molecule has 0 spiro atoms. The van der Waals surface area contributed by atoms with E-state index in [-0.39, 0.29) is 0 Å². The van der Waals surface area contributed by atoms with Gasteiger partial charge in [-0.3, -0.25) is 0 Å². The van der Waals surface area contributed by atoms with E-state index in [9.17, 15) is 0 Å². The first kappa shape index (κ1) is 14.4. The van der Waals surface area contributed by atoms with Crippen LogP contribution in [-0.4, -0.2) is 30.6 Å². The standard InChI is InChI=1S/C17H28N2/c1-3-11-19-12-6-9-16(10-13-19)18-17-8-5-7-15(4-2)14-17/h5,7-8,14,16,18H,3-4,6,9-13H2,1-2H3. The first-order chi connectivity index (χ1) is 9.31. The number of nitrogens with one attached hydrogen (secondary N) is 1. The molecule has 2 heteroatoms. The SMILES string of the molecule is CCCN1CCCC(Nc2cccc(CC)c2)CC1. The highest BCUT2D eigenvalue weighted by Crippen LogP contribution is 2.18. The summed E-state index contributed by atoms with van der Waals surface area (Å²) in [6.07, 6.45) is 6.29. The Kier molecular flexibility index (Phi) is 5.71. The molecule has 19 heavy (non-hydrogen) atoms. The third-order valence-electron chi connectivity index (χ3n) is 4.07. The molecule has 0 aliphatic carbocycles. The first-order valence-electron chi connectivity index (χ1n) is 7.89. The quantitative estimate of drug-likeness (QED) is 0.863. The average Bonchev–Trinajstić information content (AvgIpc) is 2.65. The Morgan fingerprint density at radius 2 is 2.11 bits per heavy atom. The molecule has 0 aromatic heterocycles. The van der Waals surface area contributed by atoms with Crippen LogP contribution < -0.4 is 5.32 Å².